The van der Waals surface area contributed by atoms with Gasteiger partial charge in [0.2, 0.25) is 0 Å². The fourth-order valence-electron chi connectivity index (χ4n) is 3.26. The molecule has 7 nitrogen and oxygen atoms in total. The lowest BCUT2D eigenvalue weighted by Gasteiger charge is -2.22. The van der Waals surface area contributed by atoms with Crippen molar-refractivity contribution in [1.82, 2.24) is 4.90 Å². The topological polar surface area (TPSA) is 82.1 Å². The first-order valence-electron chi connectivity index (χ1n) is 10.6. The van der Waals surface area contributed by atoms with E-state index in [0.29, 0.717) is 0 Å². The van der Waals surface area contributed by atoms with E-state index >= 15 is 0 Å². The second-order valence-corrected chi connectivity index (χ2v) is 8.81. The molecule has 1 heterocycles. The van der Waals surface area contributed by atoms with Gasteiger partial charge in [-0.2, -0.15) is 0 Å². The van der Waals surface area contributed by atoms with E-state index in [1.165, 1.54) is 4.90 Å². The molecule has 0 aliphatic carbocycles. The van der Waals surface area contributed by atoms with Crippen LogP contribution in [-0.2, 0) is 37.0 Å². The minimum Gasteiger partial charge on any atom is -0.460 e. The maximum absolute atomic E-state index is 12.8. The number of hydrogen-bond acceptors (Lipinski definition) is 6. The Morgan fingerprint density at radius 1 is 0.875 bits per heavy atom. The zero-order valence-corrected chi connectivity index (χ0v) is 18.7. The van der Waals surface area contributed by atoms with Gasteiger partial charge >= 0.3 is 18.0 Å². The van der Waals surface area contributed by atoms with Crippen LogP contribution in [0.1, 0.15) is 38.3 Å². The number of amides is 1. The molecule has 0 aromatic heterocycles. The Balaban J connectivity index is 1.67. The zero-order valence-electron chi connectivity index (χ0n) is 18.7. The van der Waals surface area contributed by atoms with E-state index in [9.17, 15) is 14.4 Å². The summed E-state index contributed by atoms with van der Waals surface area (Å²) in [6.07, 6.45) is -1.10. The highest BCUT2D eigenvalue weighted by Crippen LogP contribution is 2.26. The Morgan fingerprint density at radius 3 is 1.94 bits per heavy atom. The number of benzene rings is 2. The van der Waals surface area contributed by atoms with Gasteiger partial charge in [0.25, 0.3) is 0 Å². The molecule has 2 aromatic rings. The number of nitrogens with zero attached hydrogens (tertiary/aromatic N) is 1. The molecule has 1 aliphatic rings. The molecule has 1 amide bonds. The molecule has 1 aliphatic heterocycles. The number of carbonyl (C=O) groups is 3. The van der Waals surface area contributed by atoms with Gasteiger partial charge in [0.15, 0.2) is 0 Å². The molecule has 0 radical (unpaired) electrons. The molecular weight excluding hydrogens is 410 g/mol. The largest absolute Gasteiger partial charge is 0.460 e. The van der Waals surface area contributed by atoms with Gasteiger partial charge in [-0.15, -0.1) is 0 Å². The summed E-state index contributed by atoms with van der Waals surface area (Å²) in [7, 11) is 0. The quantitative estimate of drug-likeness (QED) is 0.498. The highest BCUT2D eigenvalue weighted by Gasteiger charge is 2.44. The third kappa shape index (κ3) is 6.33. The lowest BCUT2D eigenvalue weighted by Crippen LogP contribution is -2.41. The van der Waals surface area contributed by atoms with Crippen LogP contribution in [-0.4, -0.2) is 41.6 Å². The molecule has 32 heavy (non-hydrogen) atoms. The van der Waals surface area contributed by atoms with Crippen molar-refractivity contribution in [3.63, 3.8) is 0 Å². The van der Waals surface area contributed by atoms with Crippen LogP contribution in [0.5, 0.6) is 0 Å². The molecule has 0 spiro atoms. The summed E-state index contributed by atoms with van der Waals surface area (Å²) < 4.78 is 16.4. The van der Waals surface area contributed by atoms with Crippen molar-refractivity contribution in [3.05, 3.63) is 71.8 Å². The van der Waals surface area contributed by atoms with Crippen molar-refractivity contribution in [2.75, 3.05) is 6.54 Å². The highest BCUT2D eigenvalue weighted by atomic mass is 16.6. The maximum Gasteiger partial charge on any atom is 0.410 e. The van der Waals surface area contributed by atoms with Crippen molar-refractivity contribution >= 4 is 18.0 Å². The summed E-state index contributed by atoms with van der Waals surface area (Å²) >= 11 is 0. The van der Waals surface area contributed by atoms with Gasteiger partial charge in [-0.1, -0.05) is 60.7 Å². The second-order valence-electron chi connectivity index (χ2n) is 8.81. The number of carbonyl (C=O) groups excluding carboxylic acids is 3. The molecule has 0 unspecified atom stereocenters. The molecule has 7 heteroatoms. The van der Waals surface area contributed by atoms with Crippen molar-refractivity contribution in [2.45, 2.75) is 52.6 Å². The van der Waals surface area contributed by atoms with E-state index < -0.39 is 35.6 Å². The normalized spacial score (nSPS) is 18.2. The fourth-order valence-corrected chi connectivity index (χ4v) is 3.26. The summed E-state index contributed by atoms with van der Waals surface area (Å²) in [5.41, 5.74) is 0.983. The summed E-state index contributed by atoms with van der Waals surface area (Å²) in [5, 5.41) is 0. The molecule has 0 bridgehead atoms. The van der Waals surface area contributed by atoms with Crippen LogP contribution in [0.25, 0.3) is 0 Å². The second kappa shape index (κ2) is 10.3. The van der Waals surface area contributed by atoms with Gasteiger partial charge in [-0.25, -0.2) is 9.59 Å². The predicted molar refractivity (Wildman–Crippen MR) is 117 cm³/mol. The Hall–Kier alpha value is -3.35. The summed E-state index contributed by atoms with van der Waals surface area (Å²) in [6.45, 7) is 5.50. The lowest BCUT2D eigenvalue weighted by molar-refractivity contribution is -0.158. The van der Waals surface area contributed by atoms with Crippen LogP contribution in [0.3, 0.4) is 0 Å². The zero-order chi connectivity index (χ0) is 23.1. The smallest absolute Gasteiger partial charge is 0.410 e. The van der Waals surface area contributed by atoms with Gasteiger partial charge < -0.3 is 14.2 Å². The third-order valence-electron chi connectivity index (χ3n) is 5.08. The van der Waals surface area contributed by atoms with Gasteiger partial charge in [0.1, 0.15) is 25.4 Å². The van der Waals surface area contributed by atoms with Crippen molar-refractivity contribution in [3.8, 4) is 0 Å². The monoisotopic (exact) mass is 439 g/mol. The van der Waals surface area contributed by atoms with Crippen LogP contribution < -0.4 is 0 Å². The molecule has 170 valence electrons. The molecule has 1 saturated heterocycles. The Morgan fingerprint density at radius 2 is 1.41 bits per heavy atom. The van der Waals surface area contributed by atoms with Crippen LogP contribution in [0.4, 0.5) is 4.79 Å². The van der Waals surface area contributed by atoms with Gasteiger partial charge in [0.05, 0.1) is 12.0 Å². The van der Waals surface area contributed by atoms with Crippen molar-refractivity contribution in [2.24, 2.45) is 5.41 Å². The minimum absolute atomic E-state index is 0.0700. The predicted octanol–water partition coefficient (Wildman–Crippen LogP) is 4.10. The fraction of sp³-hybridized carbons (Fsp3) is 0.400. The number of rotatable bonds is 6. The Kier molecular flexibility index (Phi) is 7.51. The number of hydrogen-bond donors (Lipinski definition) is 0. The van der Waals surface area contributed by atoms with E-state index in [4.69, 9.17) is 14.2 Å². The van der Waals surface area contributed by atoms with Crippen LogP contribution in [0.15, 0.2) is 60.7 Å². The van der Waals surface area contributed by atoms with Crippen LogP contribution in [0, 0.1) is 5.41 Å². The summed E-state index contributed by atoms with van der Waals surface area (Å²) in [5.74, 6) is -0.946. The average molecular weight is 440 g/mol. The van der Waals surface area contributed by atoms with Crippen LogP contribution >= 0.6 is 0 Å². The number of ether oxygens (including phenoxy) is 3. The molecule has 1 fully saturated rings. The molecule has 0 N–H and O–H groups in total. The van der Waals surface area contributed by atoms with E-state index in [1.807, 2.05) is 60.7 Å². The van der Waals surface area contributed by atoms with Crippen LogP contribution in [0.2, 0.25) is 0 Å². The molecule has 3 rings (SSSR count). The van der Waals surface area contributed by atoms with Crippen molar-refractivity contribution in [1.29, 1.82) is 0 Å². The standard InChI is InChI=1S/C25H29NO6/c1-25(2,3)23(28)32-20-14-21(22(27)30-16-18-10-6-4-7-11-18)26(15-20)24(29)31-17-19-12-8-5-9-13-19/h4-13,20-21H,14-17H2,1-3H3/t20-,21-/m0/s1. The number of esters is 2. The first kappa shape index (κ1) is 23.3. The molecule has 0 saturated carbocycles. The lowest BCUT2D eigenvalue weighted by atomic mass is 9.97. The molecule has 2 aromatic carbocycles. The SMILES string of the molecule is CC(C)(C)C(=O)O[C@H]1C[C@@H](C(=O)OCc2ccccc2)N(C(=O)OCc2ccccc2)C1. The molecule has 2 atom stereocenters. The Labute approximate surface area is 188 Å². The highest BCUT2D eigenvalue weighted by molar-refractivity contribution is 5.82. The first-order valence-corrected chi connectivity index (χ1v) is 10.6. The van der Waals surface area contributed by atoms with Crippen molar-refractivity contribution < 1.29 is 28.6 Å². The molecular formula is C25H29NO6. The van der Waals surface area contributed by atoms with E-state index in [-0.39, 0.29) is 26.2 Å². The third-order valence-corrected chi connectivity index (χ3v) is 5.08. The van der Waals surface area contributed by atoms with E-state index in [0.717, 1.165) is 11.1 Å². The van der Waals surface area contributed by atoms with E-state index in [2.05, 4.69) is 0 Å². The van der Waals surface area contributed by atoms with Gasteiger partial charge in [-0.05, 0) is 31.9 Å². The van der Waals surface area contributed by atoms with E-state index in [1.54, 1.807) is 20.8 Å². The van der Waals surface area contributed by atoms with Gasteiger partial charge in [0, 0.05) is 6.42 Å². The average Bonchev–Trinajstić information content (AvgIpc) is 3.20. The first-order chi connectivity index (χ1) is 15.2. The maximum atomic E-state index is 12.8. The Bertz CT molecular complexity index is 859. The summed E-state index contributed by atoms with van der Waals surface area (Å²) in [6, 6.07) is 17.7. The van der Waals surface area contributed by atoms with Gasteiger partial charge in [-0.3, -0.25) is 9.69 Å². The number of likely N-dealkylation sites (tertiary alicyclic amines) is 1. The summed E-state index contributed by atoms with van der Waals surface area (Å²) in [4.78, 5) is 39.2. The minimum atomic E-state index is -0.889.